The van der Waals surface area contributed by atoms with Crippen LogP contribution >= 0.6 is 0 Å². The van der Waals surface area contributed by atoms with Gasteiger partial charge in [-0.05, 0) is 38.8 Å². The molecule has 9 nitrogen and oxygen atoms in total. The third-order valence-electron chi connectivity index (χ3n) is 5.21. The Bertz CT molecular complexity index is 924. The molecular weight excluding hydrogens is 352 g/mol. The van der Waals surface area contributed by atoms with E-state index in [1.807, 2.05) is 0 Å². The van der Waals surface area contributed by atoms with Crippen LogP contribution in [0.25, 0.3) is 5.69 Å². The normalized spacial score (nSPS) is 21.3. The number of carbonyl (C=O) groups excluding carboxylic acids is 1. The van der Waals surface area contributed by atoms with Crippen molar-refractivity contribution >= 4 is 11.9 Å². The molecule has 1 saturated heterocycles. The van der Waals surface area contributed by atoms with Crippen molar-refractivity contribution in [3.8, 4) is 17.2 Å². The van der Waals surface area contributed by atoms with Crippen LogP contribution in [-0.4, -0.2) is 62.2 Å². The molecule has 1 aromatic carbocycles. The monoisotopic (exact) mass is 372 g/mol. The molecule has 27 heavy (non-hydrogen) atoms. The van der Waals surface area contributed by atoms with Crippen LogP contribution in [0.5, 0.6) is 11.5 Å². The van der Waals surface area contributed by atoms with Gasteiger partial charge in [0.25, 0.3) is 5.91 Å². The Kier molecular flexibility index (Phi) is 4.01. The minimum absolute atomic E-state index is 0.152. The zero-order valence-electron chi connectivity index (χ0n) is 15.1. The molecule has 1 fully saturated rings. The number of likely N-dealkylation sites (tertiary alicyclic amines) is 1. The maximum absolute atomic E-state index is 13.0. The molecule has 1 atom stereocenters. The summed E-state index contributed by atoms with van der Waals surface area (Å²) in [6.07, 6.45) is 1.06. The number of carbonyl (C=O) groups is 2. The number of benzene rings is 1. The fourth-order valence-electron chi connectivity index (χ4n) is 3.57. The smallest absolute Gasteiger partial charge is 0.329 e. The van der Waals surface area contributed by atoms with E-state index < -0.39 is 17.4 Å². The van der Waals surface area contributed by atoms with Gasteiger partial charge in [0.05, 0.1) is 11.4 Å². The molecule has 1 unspecified atom stereocenters. The molecule has 0 aliphatic carbocycles. The summed E-state index contributed by atoms with van der Waals surface area (Å²) >= 11 is 0. The van der Waals surface area contributed by atoms with Crippen molar-refractivity contribution in [2.24, 2.45) is 0 Å². The lowest BCUT2D eigenvalue weighted by molar-refractivity contribution is -0.147. The van der Waals surface area contributed by atoms with Crippen LogP contribution in [0.1, 0.15) is 35.9 Å². The lowest BCUT2D eigenvalue weighted by Crippen LogP contribution is -2.51. The number of hydrogen-bond acceptors (Lipinski definition) is 6. The Hall–Kier alpha value is -3.10. The lowest BCUT2D eigenvalue weighted by atomic mass is 9.99. The first-order valence-corrected chi connectivity index (χ1v) is 8.79. The van der Waals surface area contributed by atoms with Crippen LogP contribution in [0.2, 0.25) is 0 Å². The average molecular weight is 372 g/mol. The van der Waals surface area contributed by atoms with Gasteiger partial charge < -0.3 is 19.5 Å². The number of hydrogen-bond donors (Lipinski definition) is 1. The summed E-state index contributed by atoms with van der Waals surface area (Å²) in [5, 5.41) is 17.7. The summed E-state index contributed by atoms with van der Waals surface area (Å²) < 4.78 is 12.6. The summed E-state index contributed by atoms with van der Waals surface area (Å²) in [5.74, 6) is -0.156. The topological polar surface area (TPSA) is 107 Å². The van der Waals surface area contributed by atoms with Gasteiger partial charge in [-0.3, -0.25) is 4.79 Å². The molecule has 0 spiro atoms. The van der Waals surface area contributed by atoms with E-state index >= 15 is 0 Å². The highest BCUT2D eigenvalue weighted by atomic mass is 16.6. The molecule has 2 aromatic rings. The van der Waals surface area contributed by atoms with Crippen LogP contribution in [0.15, 0.2) is 18.2 Å². The molecule has 2 aliphatic heterocycles. The van der Waals surface area contributed by atoms with Crippen LogP contribution in [0.3, 0.4) is 0 Å². The number of amides is 1. The van der Waals surface area contributed by atoms with Gasteiger partial charge in [0.2, 0.25) is 0 Å². The number of nitrogens with zero attached hydrogens (tertiary/aromatic N) is 4. The van der Waals surface area contributed by atoms with E-state index in [0.29, 0.717) is 55.5 Å². The summed E-state index contributed by atoms with van der Waals surface area (Å²) in [4.78, 5) is 26.0. The second-order valence-corrected chi connectivity index (χ2v) is 6.90. The number of carboxylic acid groups (broad SMARTS) is 1. The Balaban J connectivity index is 1.66. The molecule has 2 aliphatic rings. The Morgan fingerprint density at radius 3 is 2.70 bits per heavy atom. The van der Waals surface area contributed by atoms with E-state index in [4.69, 9.17) is 9.47 Å². The van der Waals surface area contributed by atoms with Gasteiger partial charge in [-0.2, -0.15) is 0 Å². The van der Waals surface area contributed by atoms with Gasteiger partial charge in [0.1, 0.15) is 18.8 Å². The Morgan fingerprint density at radius 1 is 1.22 bits per heavy atom. The third-order valence-corrected chi connectivity index (χ3v) is 5.21. The van der Waals surface area contributed by atoms with E-state index in [1.54, 1.807) is 36.7 Å². The Morgan fingerprint density at radius 2 is 1.96 bits per heavy atom. The van der Waals surface area contributed by atoms with Crippen molar-refractivity contribution in [1.82, 2.24) is 19.9 Å². The second-order valence-electron chi connectivity index (χ2n) is 6.90. The van der Waals surface area contributed by atoms with Crippen molar-refractivity contribution in [2.45, 2.75) is 32.2 Å². The number of ether oxygens (including phenoxy) is 2. The van der Waals surface area contributed by atoms with Crippen LogP contribution in [-0.2, 0) is 4.79 Å². The van der Waals surface area contributed by atoms with E-state index in [-0.39, 0.29) is 5.69 Å². The molecule has 0 bridgehead atoms. The van der Waals surface area contributed by atoms with Gasteiger partial charge in [-0.25, -0.2) is 9.48 Å². The second kappa shape index (κ2) is 6.26. The van der Waals surface area contributed by atoms with E-state index in [2.05, 4.69) is 10.3 Å². The molecule has 4 rings (SSSR count). The fraction of sp³-hybridized carbons (Fsp3) is 0.444. The fourth-order valence-corrected chi connectivity index (χ4v) is 3.57. The first-order chi connectivity index (χ1) is 12.9. The molecule has 142 valence electrons. The zero-order chi connectivity index (χ0) is 19.2. The lowest BCUT2D eigenvalue weighted by Gasteiger charge is -2.30. The standard InChI is InChI=1S/C18H20N4O5/c1-11-15(16(23)21-7-3-6-18(21,2)17(24)25)19-20-22(11)12-4-5-13-14(10-12)27-9-8-26-13/h4-5,10H,3,6-9H2,1-2H3,(H,24,25). The van der Waals surface area contributed by atoms with Crippen molar-refractivity contribution in [2.75, 3.05) is 19.8 Å². The molecule has 0 radical (unpaired) electrons. The minimum atomic E-state index is -1.22. The van der Waals surface area contributed by atoms with Crippen LogP contribution in [0, 0.1) is 6.92 Å². The van der Waals surface area contributed by atoms with Crippen molar-refractivity contribution < 1.29 is 24.2 Å². The summed E-state index contributed by atoms with van der Waals surface area (Å²) in [6, 6.07) is 5.37. The van der Waals surface area contributed by atoms with Gasteiger partial charge in [-0.1, -0.05) is 5.21 Å². The predicted molar refractivity (Wildman–Crippen MR) is 93.4 cm³/mol. The summed E-state index contributed by atoms with van der Waals surface area (Å²) in [7, 11) is 0. The molecule has 0 saturated carbocycles. The van der Waals surface area contributed by atoms with Crippen LogP contribution in [0.4, 0.5) is 0 Å². The zero-order valence-corrected chi connectivity index (χ0v) is 15.1. The van der Waals surface area contributed by atoms with Gasteiger partial charge in [-0.15, -0.1) is 5.10 Å². The summed E-state index contributed by atoms with van der Waals surface area (Å²) in [5.41, 5.74) is 0.158. The highest BCUT2D eigenvalue weighted by Gasteiger charge is 2.47. The van der Waals surface area contributed by atoms with E-state index in [1.165, 1.54) is 4.90 Å². The Labute approximate surface area is 155 Å². The molecule has 1 amide bonds. The highest BCUT2D eigenvalue weighted by molar-refractivity contribution is 5.97. The SMILES string of the molecule is Cc1c(C(=O)N2CCCC2(C)C(=O)O)nnn1-c1ccc2c(c1)OCCO2. The van der Waals surface area contributed by atoms with E-state index in [9.17, 15) is 14.7 Å². The molecular formula is C18H20N4O5. The van der Waals surface area contributed by atoms with Crippen molar-refractivity contribution in [3.63, 3.8) is 0 Å². The number of aromatic nitrogens is 3. The van der Waals surface area contributed by atoms with Gasteiger partial charge in [0.15, 0.2) is 17.2 Å². The first kappa shape index (κ1) is 17.3. The number of rotatable bonds is 3. The number of fused-ring (bicyclic) bond motifs is 1. The maximum atomic E-state index is 13.0. The quantitative estimate of drug-likeness (QED) is 0.868. The van der Waals surface area contributed by atoms with E-state index in [0.717, 1.165) is 0 Å². The van der Waals surface area contributed by atoms with Gasteiger partial charge in [0, 0.05) is 12.6 Å². The maximum Gasteiger partial charge on any atom is 0.329 e. The first-order valence-electron chi connectivity index (χ1n) is 8.79. The minimum Gasteiger partial charge on any atom is -0.486 e. The van der Waals surface area contributed by atoms with Crippen LogP contribution < -0.4 is 9.47 Å². The molecule has 3 heterocycles. The number of aliphatic carboxylic acids is 1. The number of carboxylic acids is 1. The molecule has 1 aromatic heterocycles. The highest BCUT2D eigenvalue weighted by Crippen LogP contribution is 2.33. The van der Waals surface area contributed by atoms with Crippen molar-refractivity contribution in [3.05, 3.63) is 29.6 Å². The summed E-state index contributed by atoms with van der Waals surface area (Å²) in [6.45, 7) is 4.67. The van der Waals surface area contributed by atoms with Gasteiger partial charge >= 0.3 is 5.97 Å². The largest absolute Gasteiger partial charge is 0.486 e. The average Bonchev–Trinajstić information content (AvgIpc) is 3.25. The molecule has 1 N–H and O–H groups in total. The van der Waals surface area contributed by atoms with Crippen molar-refractivity contribution in [1.29, 1.82) is 0 Å². The predicted octanol–water partition coefficient (Wildman–Crippen LogP) is 1.43. The molecule has 9 heteroatoms. The third kappa shape index (κ3) is 2.70.